The normalized spacial score (nSPS) is 26.5. The Bertz CT molecular complexity index is 303. The van der Waals surface area contributed by atoms with Gasteiger partial charge >= 0.3 is 0 Å². The van der Waals surface area contributed by atoms with Gasteiger partial charge in [-0.1, -0.05) is 0 Å². The molecule has 1 N–H and O–H groups in total. The summed E-state index contributed by atoms with van der Waals surface area (Å²) in [7, 11) is 0. The summed E-state index contributed by atoms with van der Waals surface area (Å²) < 4.78 is 2.13. The SMILES string of the molecule is CCn1ccnc1NC1CCC(Cl)CC1. The van der Waals surface area contributed by atoms with Gasteiger partial charge in [0.25, 0.3) is 0 Å². The van der Waals surface area contributed by atoms with Gasteiger partial charge in [0, 0.05) is 30.4 Å². The average Bonchev–Trinajstić information content (AvgIpc) is 2.69. The molecule has 4 heteroatoms. The number of nitrogens with one attached hydrogen (secondary N) is 1. The molecule has 1 saturated carbocycles. The lowest BCUT2D eigenvalue weighted by atomic mass is 9.95. The molecule has 1 aromatic heterocycles. The zero-order valence-electron chi connectivity index (χ0n) is 9.12. The van der Waals surface area contributed by atoms with E-state index in [1.807, 2.05) is 12.4 Å². The fourth-order valence-corrected chi connectivity index (χ4v) is 2.34. The molecule has 0 aliphatic heterocycles. The number of alkyl halides is 1. The van der Waals surface area contributed by atoms with Gasteiger partial charge < -0.3 is 9.88 Å². The maximum Gasteiger partial charge on any atom is 0.202 e. The molecule has 3 nitrogen and oxygen atoms in total. The van der Waals surface area contributed by atoms with Crippen LogP contribution in [0.25, 0.3) is 0 Å². The topological polar surface area (TPSA) is 29.9 Å². The summed E-state index contributed by atoms with van der Waals surface area (Å²) in [5.74, 6) is 0.996. The molecule has 1 fully saturated rings. The van der Waals surface area contributed by atoms with Crippen LogP contribution in [0.2, 0.25) is 0 Å². The number of halogens is 1. The largest absolute Gasteiger partial charge is 0.353 e. The first-order chi connectivity index (χ1) is 7.29. The third-order valence-electron chi connectivity index (χ3n) is 3.05. The predicted molar refractivity (Wildman–Crippen MR) is 63.4 cm³/mol. The van der Waals surface area contributed by atoms with Gasteiger partial charge in [0.15, 0.2) is 0 Å². The Labute approximate surface area is 95.8 Å². The number of nitrogens with zero attached hydrogens (tertiary/aromatic N) is 2. The van der Waals surface area contributed by atoms with Crippen LogP contribution in [0.1, 0.15) is 32.6 Å². The van der Waals surface area contributed by atoms with E-state index in [0.717, 1.165) is 38.2 Å². The quantitative estimate of drug-likeness (QED) is 0.805. The van der Waals surface area contributed by atoms with Crippen LogP contribution in [0.3, 0.4) is 0 Å². The van der Waals surface area contributed by atoms with Crippen molar-refractivity contribution in [3.8, 4) is 0 Å². The van der Waals surface area contributed by atoms with Crippen LogP contribution in [-0.4, -0.2) is 21.0 Å². The molecule has 1 aliphatic carbocycles. The second-order valence-electron chi connectivity index (χ2n) is 4.13. The average molecular weight is 228 g/mol. The van der Waals surface area contributed by atoms with Crippen LogP contribution < -0.4 is 5.32 Å². The molecule has 0 bridgehead atoms. The fourth-order valence-electron chi connectivity index (χ4n) is 2.08. The Kier molecular flexibility index (Phi) is 3.52. The lowest BCUT2D eigenvalue weighted by Gasteiger charge is -2.26. The van der Waals surface area contributed by atoms with Gasteiger partial charge in [0.2, 0.25) is 5.95 Å². The van der Waals surface area contributed by atoms with E-state index in [9.17, 15) is 0 Å². The summed E-state index contributed by atoms with van der Waals surface area (Å²) in [6.45, 7) is 3.09. The first-order valence-corrected chi connectivity index (χ1v) is 6.15. The van der Waals surface area contributed by atoms with Crippen molar-refractivity contribution >= 4 is 17.5 Å². The van der Waals surface area contributed by atoms with Crippen molar-refractivity contribution in [2.75, 3.05) is 5.32 Å². The van der Waals surface area contributed by atoms with E-state index in [4.69, 9.17) is 11.6 Å². The number of rotatable bonds is 3. The van der Waals surface area contributed by atoms with Crippen molar-refractivity contribution < 1.29 is 0 Å². The maximum atomic E-state index is 6.07. The molecular formula is C11H18ClN3. The molecule has 0 saturated heterocycles. The van der Waals surface area contributed by atoms with Gasteiger partial charge in [-0.3, -0.25) is 0 Å². The number of anilines is 1. The molecule has 1 heterocycles. The van der Waals surface area contributed by atoms with Crippen LogP contribution in [-0.2, 0) is 6.54 Å². The van der Waals surface area contributed by atoms with Crippen LogP contribution in [0.5, 0.6) is 0 Å². The zero-order valence-corrected chi connectivity index (χ0v) is 9.87. The molecule has 0 aromatic carbocycles. The van der Waals surface area contributed by atoms with Crippen molar-refractivity contribution in [3.05, 3.63) is 12.4 Å². The molecule has 0 amide bonds. The second-order valence-corrected chi connectivity index (χ2v) is 4.75. The summed E-state index contributed by atoms with van der Waals surface area (Å²) in [6, 6.07) is 0.549. The number of hydrogen-bond acceptors (Lipinski definition) is 2. The first-order valence-electron chi connectivity index (χ1n) is 5.71. The highest BCUT2D eigenvalue weighted by Gasteiger charge is 2.20. The lowest BCUT2D eigenvalue weighted by Crippen LogP contribution is -2.27. The Hall–Kier alpha value is -0.700. The number of imidazole rings is 1. The highest BCUT2D eigenvalue weighted by atomic mass is 35.5. The molecule has 1 aliphatic rings. The summed E-state index contributed by atoms with van der Waals surface area (Å²) in [5.41, 5.74) is 0. The molecule has 0 atom stereocenters. The van der Waals surface area contributed by atoms with Crippen LogP contribution in [0, 0.1) is 0 Å². The Morgan fingerprint density at radius 2 is 2.20 bits per heavy atom. The van der Waals surface area contributed by atoms with E-state index < -0.39 is 0 Å². The molecular weight excluding hydrogens is 210 g/mol. The first kappa shape index (κ1) is 10.8. The number of aryl methyl sites for hydroxylation is 1. The van der Waals surface area contributed by atoms with E-state index in [2.05, 4.69) is 21.8 Å². The minimum atomic E-state index is 0.383. The molecule has 2 rings (SSSR count). The number of hydrogen-bond donors (Lipinski definition) is 1. The number of aromatic nitrogens is 2. The molecule has 15 heavy (non-hydrogen) atoms. The lowest BCUT2D eigenvalue weighted by molar-refractivity contribution is 0.465. The van der Waals surface area contributed by atoms with Gasteiger partial charge in [0.05, 0.1) is 0 Å². The van der Waals surface area contributed by atoms with Crippen LogP contribution in [0.4, 0.5) is 5.95 Å². The van der Waals surface area contributed by atoms with E-state index in [1.54, 1.807) is 0 Å². The van der Waals surface area contributed by atoms with Crippen LogP contribution in [0.15, 0.2) is 12.4 Å². The predicted octanol–water partition coefficient (Wildman–Crippen LogP) is 2.86. The van der Waals surface area contributed by atoms with Crippen molar-refractivity contribution in [2.24, 2.45) is 0 Å². The van der Waals surface area contributed by atoms with Crippen molar-refractivity contribution in [3.63, 3.8) is 0 Å². The minimum Gasteiger partial charge on any atom is -0.353 e. The molecule has 0 radical (unpaired) electrons. The second kappa shape index (κ2) is 4.88. The van der Waals surface area contributed by atoms with E-state index in [-0.39, 0.29) is 0 Å². The Morgan fingerprint density at radius 3 is 2.87 bits per heavy atom. The van der Waals surface area contributed by atoms with E-state index in [1.165, 1.54) is 0 Å². The minimum absolute atomic E-state index is 0.383. The van der Waals surface area contributed by atoms with Gasteiger partial charge in [-0.05, 0) is 32.6 Å². The smallest absolute Gasteiger partial charge is 0.202 e. The third kappa shape index (κ3) is 2.65. The summed E-state index contributed by atoms with van der Waals surface area (Å²) in [4.78, 5) is 4.32. The highest BCUT2D eigenvalue weighted by molar-refractivity contribution is 6.20. The Morgan fingerprint density at radius 1 is 1.47 bits per heavy atom. The fraction of sp³-hybridized carbons (Fsp3) is 0.727. The van der Waals surface area contributed by atoms with E-state index in [0.29, 0.717) is 11.4 Å². The monoisotopic (exact) mass is 227 g/mol. The van der Waals surface area contributed by atoms with Gasteiger partial charge in [-0.15, -0.1) is 11.6 Å². The van der Waals surface area contributed by atoms with E-state index >= 15 is 0 Å². The zero-order chi connectivity index (χ0) is 10.7. The summed E-state index contributed by atoms with van der Waals surface area (Å²) in [6.07, 6.45) is 8.40. The molecule has 84 valence electrons. The van der Waals surface area contributed by atoms with Gasteiger partial charge in [-0.2, -0.15) is 0 Å². The van der Waals surface area contributed by atoms with Gasteiger partial charge in [0.1, 0.15) is 0 Å². The van der Waals surface area contributed by atoms with Crippen molar-refractivity contribution in [2.45, 2.75) is 50.6 Å². The Balaban J connectivity index is 1.91. The van der Waals surface area contributed by atoms with Crippen molar-refractivity contribution in [1.82, 2.24) is 9.55 Å². The van der Waals surface area contributed by atoms with Gasteiger partial charge in [-0.25, -0.2) is 4.98 Å². The maximum absolute atomic E-state index is 6.07. The van der Waals surface area contributed by atoms with Crippen molar-refractivity contribution in [1.29, 1.82) is 0 Å². The summed E-state index contributed by atoms with van der Waals surface area (Å²) in [5, 5.41) is 3.88. The molecule has 0 unspecified atom stereocenters. The molecule has 1 aromatic rings. The standard InChI is InChI=1S/C11H18ClN3/c1-2-15-8-7-13-11(15)14-10-5-3-9(12)4-6-10/h7-10H,2-6H2,1H3,(H,13,14). The highest BCUT2D eigenvalue weighted by Crippen LogP contribution is 2.24. The summed E-state index contributed by atoms with van der Waals surface area (Å²) >= 11 is 6.07. The third-order valence-corrected chi connectivity index (χ3v) is 3.48. The van der Waals surface area contributed by atoms with Crippen LogP contribution >= 0.6 is 11.6 Å². The molecule has 0 spiro atoms.